The molecule has 0 saturated carbocycles. The fourth-order valence-corrected chi connectivity index (χ4v) is 4.05. The van der Waals surface area contributed by atoms with Gasteiger partial charge >= 0.3 is 0 Å². The summed E-state index contributed by atoms with van der Waals surface area (Å²) in [7, 11) is 0. The number of benzene rings is 2. The Bertz CT molecular complexity index is 1080. The van der Waals surface area contributed by atoms with E-state index in [0.717, 1.165) is 21.7 Å². The van der Waals surface area contributed by atoms with Crippen LogP contribution in [0.3, 0.4) is 0 Å². The van der Waals surface area contributed by atoms with Gasteiger partial charge in [-0.15, -0.1) is 16.4 Å². The van der Waals surface area contributed by atoms with Crippen molar-refractivity contribution in [1.82, 2.24) is 24.9 Å². The monoisotopic (exact) mass is 391 g/mol. The van der Waals surface area contributed by atoms with Gasteiger partial charge in [0.05, 0.1) is 22.5 Å². The second-order valence-electron chi connectivity index (χ2n) is 6.64. The standard InChI is InChI=1S/C20H17N5O2S/c26-20(19-21-17-8-4-5-9-18(17)28-19)24-11-15(12-24)25-10-14(22-23-25)13-27-16-6-2-1-3-7-16/h1-10,15H,11-13H2. The molecule has 2 aromatic carbocycles. The zero-order chi connectivity index (χ0) is 18.9. The summed E-state index contributed by atoms with van der Waals surface area (Å²) in [5.74, 6) is 0.776. The summed E-state index contributed by atoms with van der Waals surface area (Å²) in [5.41, 5.74) is 1.63. The van der Waals surface area contributed by atoms with E-state index in [1.165, 1.54) is 11.3 Å². The van der Waals surface area contributed by atoms with Crippen LogP contribution in [0.25, 0.3) is 10.2 Å². The molecule has 0 aliphatic carbocycles. The highest BCUT2D eigenvalue weighted by Gasteiger charge is 2.34. The minimum atomic E-state index is -0.0230. The van der Waals surface area contributed by atoms with Crippen LogP contribution < -0.4 is 4.74 Å². The lowest BCUT2D eigenvalue weighted by Crippen LogP contribution is -2.50. The number of ether oxygens (including phenoxy) is 1. The van der Waals surface area contributed by atoms with E-state index in [-0.39, 0.29) is 11.9 Å². The maximum Gasteiger partial charge on any atom is 0.283 e. The molecule has 1 fully saturated rings. The Morgan fingerprint density at radius 1 is 1.11 bits per heavy atom. The van der Waals surface area contributed by atoms with Gasteiger partial charge in [-0.05, 0) is 24.3 Å². The van der Waals surface area contributed by atoms with Crippen LogP contribution in [0.15, 0.2) is 60.8 Å². The highest BCUT2D eigenvalue weighted by Crippen LogP contribution is 2.27. The van der Waals surface area contributed by atoms with Crippen molar-refractivity contribution >= 4 is 27.5 Å². The van der Waals surface area contributed by atoms with Crippen LogP contribution in [0.1, 0.15) is 21.5 Å². The highest BCUT2D eigenvalue weighted by atomic mass is 32.1. The van der Waals surface area contributed by atoms with Crippen LogP contribution in [-0.2, 0) is 6.61 Å². The number of fused-ring (bicyclic) bond motifs is 1. The van der Waals surface area contributed by atoms with E-state index >= 15 is 0 Å². The maximum absolute atomic E-state index is 12.6. The largest absolute Gasteiger partial charge is 0.487 e. The normalized spacial score (nSPS) is 14.2. The van der Waals surface area contributed by atoms with Crippen LogP contribution in [-0.4, -0.2) is 43.9 Å². The summed E-state index contributed by atoms with van der Waals surface area (Å²) >= 11 is 1.44. The van der Waals surface area contributed by atoms with Crippen LogP contribution in [0.5, 0.6) is 5.75 Å². The third kappa shape index (κ3) is 3.22. The van der Waals surface area contributed by atoms with Crippen molar-refractivity contribution in [3.63, 3.8) is 0 Å². The minimum Gasteiger partial charge on any atom is -0.487 e. The van der Waals surface area contributed by atoms with E-state index in [1.807, 2.05) is 65.5 Å². The molecule has 0 radical (unpaired) electrons. The summed E-state index contributed by atoms with van der Waals surface area (Å²) in [5, 5.41) is 8.89. The molecule has 28 heavy (non-hydrogen) atoms. The molecule has 1 aliphatic heterocycles. The molecule has 7 nitrogen and oxygen atoms in total. The summed E-state index contributed by atoms with van der Waals surface area (Å²) < 4.78 is 8.54. The van der Waals surface area contributed by atoms with E-state index in [2.05, 4.69) is 15.3 Å². The second kappa shape index (κ2) is 7.05. The molecule has 0 bridgehead atoms. The number of aromatic nitrogens is 4. The van der Waals surface area contributed by atoms with Crippen molar-refractivity contribution in [2.75, 3.05) is 13.1 Å². The Kier molecular flexibility index (Phi) is 4.25. The van der Waals surface area contributed by atoms with Crippen molar-refractivity contribution in [3.05, 3.63) is 71.5 Å². The Morgan fingerprint density at radius 3 is 2.71 bits per heavy atom. The van der Waals surface area contributed by atoms with E-state index in [4.69, 9.17) is 4.74 Å². The molecule has 5 rings (SSSR count). The number of hydrogen-bond acceptors (Lipinski definition) is 6. The quantitative estimate of drug-likeness (QED) is 0.522. The van der Waals surface area contributed by atoms with E-state index in [0.29, 0.717) is 24.7 Å². The van der Waals surface area contributed by atoms with Crippen molar-refractivity contribution < 1.29 is 9.53 Å². The third-order valence-electron chi connectivity index (χ3n) is 4.69. The Labute approximate surface area is 165 Å². The molecule has 140 valence electrons. The Morgan fingerprint density at radius 2 is 1.89 bits per heavy atom. The number of hydrogen-bond donors (Lipinski definition) is 0. The first kappa shape index (κ1) is 16.9. The summed E-state index contributed by atoms with van der Waals surface area (Å²) in [6.07, 6.45) is 1.88. The molecular weight excluding hydrogens is 374 g/mol. The lowest BCUT2D eigenvalue weighted by atomic mass is 10.1. The van der Waals surface area contributed by atoms with Gasteiger partial charge in [0.2, 0.25) is 0 Å². The Balaban J connectivity index is 1.19. The number of thiazole rings is 1. The minimum absolute atomic E-state index is 0.0230. The van der Waals surface area contributed by atoms with Gasteiger partial charge in [0.25, 0.3) is 5.91 Å². The van der Waals surface area contributed by atoms with Crippen molar-refractivity contribution in [1.29, 1.82) is 0 Å². The zero-order valence-corrected chi connectivity index (χ0v) is 15.7. The van der Waals surface area contributed by atoms with Gasteiger partial charge in [0.1, 0.15) is 18.1 Å². The lowest BCUT2D eigenvalue weighted by Gasteiger charge is -2.38. The zero-order valence-electron chi connectivity index (χ0n) is 14.9. The van der Waals surface area contributed by atoms with Gasteiger partial charge in [0.15, 0.2) is 5.01 Å². The van der Waals surface area contributed by atoms with Crippen LogP contribution >= 0.6 is 11.3 Å². The summed E-state index contributed by atoms with van der Waals surface area (Å²) in [4.78, 5) is 18.9. The number of para-hydroxylation sites is 2. The van der Waals surface area contributed by atoms with Gasteiger partial charge < -0.3 is 9.64 Å². The first-order valence-corrected chi connectivity index (χ1v) is 9.81. The van der Waals surface area contributed by atoms with Gasteiger partial charge in [-0.1, -0.05) is 35.5 Å². The first-order valence-electron chi connectivity index (χ1n) is 9.00. The van der Waals surface area contributed by atoms with Crippen LogP contribution in [0, 0.1) is 0 Å². The number of carbonyl (C=O) groups is 1. The molecule has 8 heteroatoms. The average Bonchev–Trinajstić information content (AvgIpc) is 3.33. The lowest BCUT2D eigenvalue weighted by molar-refractivity contribution is 0.0498. The molecule has 1 amide bonds. The molecule has 0 unspecified atom stereocenters. The number of likely N-dealkylation sites (tertiary alicyclic amines) is 1. The molecule has 0 N–H and O–H groups in total. The SMILES string of the molecule is O=C(c1nc2ccccc2s1)N1CC(n2cc(COc3ccccc3)nn2)C1. The molecule has 2 aromatic heterocycles. The third-order valence-corrected chi connectivity index (χ3v) is 5.71. The van der Waals surface area contributed by atoms with Crippen molar-refractivity contribution in [3.8, 4) is 5.75 Å². The molecule has 1 aliphatic rings. The number of carbonyl (C=O) groups excluding carboxylic acids is 1. The smallest absolute Gasteiger partial charge is 0.283 e. The number of nitrogens with zero attached hydrogens (tertiary/aromatic N) is 5. The summed E-state index contributed by atoms with van der Waals surface area (Å²) in [6, 6.07) is 17.5. The summed E-state index contributed by atoms with van der Waals surface area (Å²) in [6.45, 7) is 1.58. The topological polar surface area (TPSA) is 73.1 Å². The predicted octanol–water partition coefficient (Wildman–Crippen LogP) is 3.16. The van der Waals surface area contributed by atoms with Crippen LogP contribution in [0.2, 0.25) is 0 Å². The van der Waals surface area contributed by atoms with E-state index in [1.54, 1.807) is 4.90 Å². The van der Waals surface area contributed by atoms with Crippen molar-refractivity contribution in [2.24, 2.45) is 0 Å². The van der Waals surface area contributed by atoms with Gasteiger partial charge in [0, 0.05) is 13.1 Å². The van der Waals surface area contributed by atoms with Gasteiger partial charge in [-0.25, -0.2) is 9.67 Å². The van der Waals surface area contributed by atoms with Crippen LogP contribution in [0.4, 0.5) is 0 Å². The predicted molar refractivity (Wildman–Crippen MR) is 105 cm³/mol. The number of amides is 1. The first-order chi connectivity index (χ1) is 13.8. The van der Waals surface area contributed by atoms with E-state index in [9.17, 15) is 4.79 Å². The molecule has 1 saturated heterocycles. The van der Waals surface area contributed by atoms with Crippen molar-refractivity contribution in [2.45, 2.75) is 12.6 Å². The highest BCUT2D eigenvalue weighted by molar-refractivity contribution is 7.20. The van der Waals surface area contributed by atoms with Gasteiger partial charge in [-0.2, -0.15) is 0 Å². The molecule has 3 heterocycles. The fraction of sp³-hybridized carbons (Fsp3) is 0.200. The van der Waals surface area contributed by atoms with E-state index < -0.39 is 0 Å². The Hall–Kier alpha value is -3.26. The molecule has 0 atom stereocenters. The fourth-order valence-electron chi connectivity index (χ4n) is 3.12. The van der Waals surface area contributed by atoms with Gasteiger partial charge in [-0.3, -0.25) is 4.79 Å². The number of rotatable bonds is 5. The molecule has 0 spiro atoms. The maximum atomic E-state index is 12.6. The molecule has 4 aromatic rings. The second-order valence-corrected chi connectivity index (χ2v) is 7.67. The average molecular weight is 391 g/mol. The molecular formula is C20H17N5O2S.